The van der Waals surface area contributed by atoms with Gasteiger partial charge in [0.2, 0.25) is 0 Å². The highest BCUT2D eigenvalue weighted by molar-refractivity contribution is 5.71. The molecule has 1 atom stereocenters. The van der Waals surface area contributed by atoms with Crippen LogP contribution in [0.2, 0.25) is 0 Å². The minimum atomic E-state index is -0.814. The van der Waals surface area contributed by atoms with Gasteiger partial charge in [-0.2, -0.15) is 0 Å². The molecule has 0 fully saturated rings. The number of unbranched alkanes of at least 4 members (excludes halogenated alkanes) is 16. The van der Waals surface area contributed by atoms with Crippen LogP contribution >= 0.6 is 0 Å². The Kier molecular flexibility index (Phi) is 46.6. The van der Waals surface area contributed by atoms with E-state index in [2.05, 4.69) is 124 Å². The Labute approximate surface area is 380 Å². The van der Waals surface area contributed by atoms with Gasteiger partial charge in [0.25, 0.3) is 0 Å². The zero-order valence-corrected chi connectivity index (χ0v) is 39.8. The van der Waals surface area contributed by atoms with Gasteiger partial charge in [-0.1, -0.05) is 194 Å². The second-order valence-electron chi connectivity index (χ2n) is 16.0. The lowest BCUT2D eigenvalue weighted by Gasteiger charge is -2.18. The van der Waals surface area contributed by atoms with Gasteiger partial charge >= 0.3 is 17.9 Å². The van der Waals surface area contributed by atoms with Crippen molar-refractivity contribution in [1.29, 1.82) is 0 Å². The summed E-state index contributed by atoms with van der Waals surface area (Å²) in [6.07, 6.45) is 66.5. The van der Waals surface area contributed by atoms with Gasteiger partial charge in [-0.05, 0) is 103 Å². The Bertz CT molecular complexity index is 1310. The van der Waals surface area contributed by atoms with Crippen molar-refractivity contribution in [2.75, 3.05) is 13.2 Å². The molecule has 1 unspecified atom stereocenters. The third-order valence-electron chi connectivity index (χ3n) is 10.1. The van der Waals surface area contributed by atoms with Crippen LogP contribution in [0.4, 0.5) is 0 Å². The molecule has 0 spiro atoms. The van der Waals surface area contributed by atoms with E-state index in [0.29, 0.717) is 19.3 Å². The number of hydrogen-bond acceptors (Lipinski definition) is 6. The van der Waals surface area contributed by atoms with Crippen molar-refractivity contribution in [3.05, 3.63) is 109 Å². The minimum absolute atomic E-state index is 0.111. The number of ether oxygens (including phenoxy) is 3. The predicted molar refractivity (Wildman–Crippen MR) is 265 cm³/mol. The lowest BCUT2D eigenvalue weighted by molar-refractivity contribution is -0.167. The van der Waals surface area contributed by atoms with Crippen molar-refractivity contribution < 1.29 is 28.6 Å². The fraction of sp³-hybridized carbons (Fsp3) is 0.625. The van der Waals surface area contributed by atoms with Gasteiger partial charge in [0, 0.05) is 19.3 Å². The average molecular weight is 859 g/mol. The zero-order chi connectivity index (χ0) is 45.1. The van der Waals surface area contributed by atoms with Gasteiger partial charge in [0.05, 0.1) is 0 Å². The molecule has 0 aliphatic carbocycles. The van der Waals surface area contributed by atoms with E-state index in [1.54, 1.807) is 0 Å². The summed E-state index contributed by atoms with van der Waals surface area (Å²) in [7, 11) is 0. The van der Waals surface area contributed by atoms with Crippen LogP contribution in [-0.2, 0) is 28.6 Å². The molecule has 0 saturated heterocycles. The fourth-order valence-corrected chi connectivity index (χ4v) is 6.35. The molecule has 0 heterocycles. The van der Waals surface area contributed by atoms with Crippen LogP contribution in [0.25, 0.3) is 0 Å². The molecule has 6 heteroatoms. The number of hydrogen-bond donors (Lipinski definition) is 0. The summed E-state index contributed by atoms with van der Waals surface area (Å²) >= 11 is 0. The molecule has 0 aromatic heterocycles. The Morgan fingerprint density at radius 1 is 0.355 bits per heavy atom. The predicted octanol–water partition coefficient (Wildman–Crippen LogP) is 16.4. The van der Waals surface area contributed by atoms with Crippen LogP contribution < -0.4 is 0 Å². The standard InChI is InChI=1S/C56H90O6/c1-4-7-10-13-16-19-22-25-27-28-29-32-34-37-40-43-46-49-55(58)61-52-53(51-60-54(57)48-45-42-39-36-33-30-24-21-18-15-12-9-6-3)62-56(59)50-47-44-41-38-35-31-26-23-20-17-14-11-8-5-2/h8-9,11-12,15-21,24-25,27,29,32,37,40,53H,4-7,10,13-14,22-23,26,28,30-31,33-36,38-39,41-52H2,1-3H3/b11-8-,12-9-,18-15-,19-16-,20-17-,24-21-,27-25-,32-29-,40-37-. The molecule has 0 N–H and O–H groups in total. The van der Waals surface area contributed by atoms with Crippen LogP contribution in [0.5, 0.6) is 0 Å². The van der Waals surface area contributed by atoms with Crippen LogP contribution in [0.1, 0.15) is 207 Å². The lowest BCUT2D eigenvalue weighted by atomic mass is 10.1. The first-order chi connectivity index (χ1) is 30.5. The van der Waals surface area contributed by atoms with Crippen molar-refractivity contribution in [2.24, 2.45) is 0 Å². The Hall–Kier alpha value is -3.93. The highest BCUT2D eigenvalue weighted by Gasteiger charge is 2.19. The van der Waals surface area contributed by atoms with Gasteiger partial charge < -0.3 is 14.2 Å². The summed E-state index contributed by atoms with van der Waals surface area (Å²) in [5.41, 5.74) is 0. The van der Waals surface area contributed by atoms with Gasteiger partial charge in [-0.25, -0.2) is 0 Å². The fourth-order valence-electron chi connectivity index (χ4n) is 6.35. The smallest absolute Gasteiger partial charge is 0.306 e. The van der Waals surface area contributed by atoms with Crippen molar-refractivity contribution in [2.45, 2.75) is 213 Å². The van der Waals surface area contributed by atoms with Crippen LogP contribution in [0.3, 0.4) is 0 Å². The molecule has 0 aromatic rings. The number of rotatable bonds is 43. The van der Waals surface area contributed by atoms with Crippen molar-refractivity contribution in [3.63, 3.8) is 0 Å². The van der Waals surface area contributed by atoms with Crippen molar-refractivity contribution in [1.82, 2.24) is 0 Å². The third-order valence-corrected chi connectivity index (χ3v) is 10.1. The summed E-state index contributed by atoms with van der Waals surface area (Å²) in [4.78, 5) is 37.9. The van der Waals surface area contributed by atoms with Gasteiger partial charge in [0.15, 0.2) is 6.10 Å². The first-order valence-corrected chi connectivity index (χ1v) is 24.9. The number of carbonyl (C=O) groups is 3. The molecule has 0 rings (SSSR count). The molecule has 62 heavy (non-hydrogen) atoms. The molecular weight excluding hydrogens is 769 g/mol. The van der Waals surface area contributed by atoms with E-state index in [0.717, 1.165) is 109 Å². The maximum Gasteiger partial charge on any atom is 0.306 e. The summed E-state index contributed by atoms with van der Waals surface area (Å²) in [6, 6.07) is 0. The highest BCUT2D eigenvalue weighted by atomic mass is 16.6. The number of allylic oxidation sites excluding steroid dienone is 18. The lowest BCUT2D eigenvalue weighted by Crippen LogP contribution is -2.30. The highest BCUT2D eigenvalue weighted by Crippen LogP contribution is 2.13. The van der Waals surface area contributed by atoms with E-state index in [-0.39, 0.29) is 37.5 Å². The molecule has 350 valence electrons. The van der Waals surface area contributed by atoms with E-state index in [1.807, 2.05) is 6.08 Å². The molecule has 0 aliphatic rings. The maximum absolute atomic E-state index is 12.8. The monoisotopic (exact) mass is 859 g/mol. The third kappa shape index (κ3) is 47.1. The largest absolute Gasteiger partial charge is 0.462 e. The van der Waals surface area contributed by atoms with E-state index >= 15 is 0 Å². The van der Waals surface area contributed by atoms with E-state index < -0.39 is 6.10 Å². The SMILES string of the molecule is CC\C=C/C=C\C=C/CCCCCCCC(=O)OCC(COC(=O)CCC/C=C\C/C=C\C/C=C\C/C=C\CCCCC)OC(=O)CCCCCCCCC/C=C\C/C=C\CC. The summed E-state index contributed by atoms with van der Waals surface area (Å²) in [6.45, 7) is 6.28. The Morgan fingerprint density at radius 2 is 0.726 bits per heavy atom. The number of carbonyl (C=O) groups excluding carboxylic acids is 3. The topological polar surface area (TPSA) is 78.9 Å². The molecule has 0 bridgehead atoms. The molecule has 0 aliphatic heterocycles. The Balaban J connectivity index is 4.53. The minimum Gasteiger partial charge on any atom is -0.462 e. The van der Waals surface area contributed by atoms with Crippen LogP contribution in [-0.4, -0.2) is 37.2 Å². The van der Waals surface area contributed by atoms with Crippen molar-refractivity contribution in [3.8, 4) is 0 Å². The molecule has 0 saturated carbocycles. The molecule has 0 aromatic carbocycles. The quantitative estimate of drug-likeness (QED) is 0.0200. The zero-order valence-electron chi connectivity index (χ0n) is 39.8. The van der Waals surface area contributed by atoms with Gasteiger partial charge in [0.1, 0.15) is 13.2 Å². The van der Waals surface area contributed by atoms with Crippen LogP contribution in [0, 0.1) is 0 Å². The normalized spacial score (nSPS) is 13.0. The second-order valence-corrected chi connectivity index (χ2v) is 16.0. The van der Waals surface area contributed by atoms with E-state index in [4.69, 9.17) is 14.2 Å². The number of esters is 3. The van der Waals surface area contributed by atoms with E-state index in [1.165, 1.54) is 51.4 Å². The summed E-state index contributed by atoms with van der Waals surface area (Å²) in [5.74, 6) is -1.00. The van der Waals surface area contributed by atoms with Crippen molar-refractivity contribution >= 4 is 17.9 Å². The summed E-state index contributed by atoms with van der Waals surface area (Å²) < 4.78 is 16.7. The van der Waals surface area contributed by atoms with Gasteiger partial charge in [-0.3, -0.25) is 14.4 Å². The first kappa shape index (κ1) is 58.1. The molecule has 0 radical (unpaired) electrons. The molecule has 6 nitrogen and oxygen atoms in total. The van der Waals surface area contributed by atoms with Gasteiger partial charge in [-0.15, -0.1) is 0 Å². The molecular formula is C56H90O6. The average Bonchev–Trinajstić information content (AvgIpc) is 3.27. The van der Waals surface area contributed by atoms with Crippen LogP contribution in [0.15, 0.2) is 109 Å². The Morgan fingerprint density at radius 3 is 1.23 bits per heavy atom. The summed E-state index contributed by atoms with van der Waals surface area (Å²) in [5, 5.41) is 0. The second kappa shape index (κ2) is 49.7. The maximum atomic E-state index is 12.8. The first-order valence-electron chi connectivity index (χ1n) is 24.9. The van der Waals surface area contributed by atoms with E-state index in [9.17, 15) is 14.4 Å². The molecule has 0 amide bonds.